The van der Waals surface area contributed by atoms with E-state index in [1.807, 2.05) is 6.07 Å². The van der Waals surface area contributed by atoms with Gasteiger partial charge < -0.3 is 4.42 Å². The third-order valence-corrected chi connectivity index (χ3v) is 11.1. The summed E-state index contributed by atoms with van der Waals surface area (Å²) in [6.07, 6.45) is 5.76. The highest BCUT2D eigenvalue weighted by Crippen LogP contribution is 2.49. The summed E-state index contributed by atoms with van der Waals surface area (Å²) in [6.45, 7) is 2.39. The van der Waals surface area contributed by atoms with Crippen LogP contribution in [0, 0.1) is 0 Å². The number of rotatable bonds is 6. The number of furan rings is 1. The number of hydrogen-bond acceptors (Lipinski definition) is 1. The first-order valence-corrected chi connectivity index (χ1v) is 18.9. The fraction of sp³-hybridized carbons (Fsp3) is 0.0566. The molecule has 0 saturated heterocycles. The molecule has 0 aliphatic heterocycles. The molecule has 9 aromatic rings. The number of benzene rings is 8. The van der Waals surface area contributed by atoms with E-state index < -0.39 is 0 Å². The van der Waals surface area contributed by atoms with Crippen molar-refractivity contribution in [3.63, 3.8) is 0 Å². The Balaban J connectivity index is 1.16. The Kier molecular flexibility index (Phi) is 7.92. The van der Waals surface area contributed by atoms with Crippen molar-refractivity contribution in [3.8, 4) is 67.0 Å². The van der Waals surface area contributed by atoms with Gasteiger partial charge in [-0.15, -0.1) is 0 Å². The highest BCUT2D eigenvalue weighted by Gasteiger charge is 2.26. The fourth-order valence-corrected chi connectivity index (χ4v) is 8.52. The minimum Gasteiger partial charge on any atom is -0.456 e. The number of allylic oxidation sites excluding steroid dienone is 1. The molecule has 0 fully saturated rings. The van der Waals surface area contributed by atoms with Crippen LogP contribution in [0.2, 0.25) is 0 Å². The van der Waals surface area contributed by atoms with E-state index in [4.69, 9.17) is 4.42 Å². The maximum atomic E-state index is 6.30. The van der Waals surface area contributed by atoms with Gasteiger partial charge in [-0.05, 0) is 114 Å². The highest BCUT2D eigenvalue weighted by atomic mass is 16.3. The van der Waals surface area contributed by atoms with E-state index in [1.54, 1.807) is 0 Å². The second-order valence-electron chi connectivity index (χ2n) is 14.5. The first kappa shape index (κ1) is 32.0. The van der Waals surface area contributed by atoms with Crippen molar-refractivity contribution in [2.24, 2.45) is 0 Å². The van der Waals surface area contributed by atoms with Crippen molar-refractivity contribution in [1.82, 2.24) is 0 Å². The number of fused-ring (bicyclic) bond motifs is 3. The summed E-state index contributed by atoms with van der Waals surface area (Å²) in [5.74, 6) is 1.26. The molecule has 0 amide bonds. The molecule has 0 bridgehead atoms. The topological polar surface area (TPSA) is 13.1 Å². The first-order valence-electron chi connectivity index (χ1n) is 18.9. The monoisotopic (exact) mass is 690 g/mol. The molecule has 0 radical (unpaired) electrons. The molecular weight excluding hydrogens is 653 g/mol. The molecule has 1 atom stereocenters. The van der Waals surface area contributed by atoms with Crippen LogP contribution in [-0.2, 0) is 0 Å². The van der Waals surface area contributed by atoms with E-state index >= 15 is 0 Å². The standard InChI is InChI=1S/C53H38O/c1-35-14-13-23-47-51(35)53(46-22-12-11-21-45(46)52(47)40-26-24-37(25-27-40)36-15-5-2-6-16-36)42-28-30-44(48(33-42)38-17-7-3-8-18-38)41-29-31-49-43(32-41)34-50(54-49)39-19-9-4-10-20-39/h2-13,15-35H,14H2,1H3. The zero-order valence-corrected chi connectivity index (χ0v) is 30.2. The van der Waals surface area contributed by atoms with Crippen molar-refractivity contribution in [1.29, 1.82) is 0 Å². The van der Waals surface area contributed by atoms with E-state index in [-0.39, 0.29) is 0 Å². The Morgan fingerprint density at radius 3 is 1.74 bits per heavy atom. The average molecular weight is 691 g/mol. The Labute approximate surface area is 316 Å². The molecule has 10 rings (SSSR count). The maximum absolute atomic E-state index is 6.30. The lowest BCUT2D eigenvalue weighted by Crippen LogP contribution is -2.06. The molecular formula is C53H38O. The first-order chi connectivity index (χ1) is 26.7. The summed E-state index contributed by atoms with van der Waals surface area (Å²) in [5.41, 5.74) is 17.1. The van der Waals surface area contributed by atoms with Crippen molar-refractivity contribution < 1.29 is 4.42 Å². The quantitative estimate of drug-likeness (QED) is 0.169. The van der Waals surface area contributed by atoms with E-state index in [2.05, 4.69) is 195 Å². The summed E-state index contributed by atoms with van der Waals surface area (Å²) in [5, 5.41) is 3.67. The molecule has 1 aromatic heterocycles. The summed E-state index contributed by atoms with van der Waals surface area (Å²) >= 11 is 0. The van der Waals surface area contributed by atoms with Crippen LogP contribution in [0.4, 0.5) is 0 Å². The molecule has 0 N–H and O–H groups in total. The van der Waals surface area contributed by atoms with Crippen LogP contribution in [0.5, 0.6) is 0 Å². The minimum atomic E-state index is 0.370. The Morgan fingerprint density at radius 2 is 1.02 bits per heavy atom. The summed E-state index contributed by atoms with van der Waals surface area (Å²) < 4.78 is 6.30. The van der Waals surface area contributed by atoms with E-state index in [0.29, 0.717) is 5.92 Å². The van der Waals surface area contributed by atoms with Crippen LogP contribution < -0.4 is 0 Å². The maximum Gasteiger partial charge on any atom is 0.135 e. The minimum absolute atomic E-state index is 0.370. The normalized spacial score (nSPS) is 13.7. The van der Waals surface area contributed by atoms with Gasteiger partial charge in [0.15, 0.2) is 0 Å². The predicted octanol–water partition coefficient (Wildman–Crippen LogP) is 15.1. The highest BCUT2D eigenvalue weighted by molar-refractivity contribution is 6.11. The van der Waals surface area contributed by atoms with Gasteiger partial charge in [-0.2, -0.15) is 0 Å². The molecule has 0 saturated carbocycles. The van der Waals surface area contributed by atoms with Crippen LogP contribution in [0.15, 0.2) is 192 Å². The summed E-state index contributed by atoms with van der Waals surface area (Å²) in [6, 6.07) is 65.8. The molecule has 1 aliphatic rings. The Bertz CT molecular complexity index is 2820. The molecule has 1 nitrogen and oxygen atoms in total. The van der Waals surface area contributed by atoms with Gasteiger partial charge in [0.05, 0.1) is 0 Å². The van der Waals surface area contributed by atoms with Crippen molar-refractivity contribution in [3.05, 3.63) is 199 Å². The van der Waals surface area contributed by atoms with Crippen molar-refractivity contribution in [2.45, 2.75) is 19.3 Å². The van der Waals surface area contributed by atoms with Crippen molar-refractivity contribution >= 4 is 27.8 Å². The van der Waals surface area contributed by atoms with Crippen LogP contribution in [-0.4, -0.2) is 0 Å². The molecule has 1 heterocycles. The zero-order chi connectivity index (χ0) is 36.0. The Morgan fingerprint density at radius 1 is 0.444 bits per heavy atom. The van der Waals surface area contributed by atoms with Gasteiger partial charge in [-0.3, -0.25) is 0 Å². The van der Waals surface area contributed by atoms with E-state index in [0.717, 1.165) is 28.7 Å². The van der Waals surface area contributed by atoms with Crippen LogP contribution in [0.1, 0.15) is 30.4 Å². The Hall–Kier alpha value is -6.70. The second kappa shape index (κ2) is 13.4. The van der Waals surface area contributed by atoms with Crippen LogP contribution in [0.25, 0.3) is 94.8 Å². The molecule has 1 heteroatoms. The zero-order valence-electron chi connectivity index (χ0n) is 30.2. The van der Waals surface area contributed by atoms with Gasteiger partial charge in [0, 0.05) is 10.9 Å². The van der Waals surface area contributed by atoms with Gasteiger partial charge in [-0.25, -0.2) is 0 Å². The number of hydrogen-bond donors (Lipinski definition) is 0. The third kappa shape index (κ3) is 5.57. The van der Waals surface area contributed by atoms with Crippen LogP contribution in [0.3, 0.4) is 0 Å². The molecule has 1 unspecified atom stereocenters. The smallest absolute Gasteiger partial charge is 0.135 e. The van der Waals surface area contributed by atoms with Gasteiger partial charge in [0.25, 0.3) is 0 Å². The van der Waals surface area contributed by atoms with E-state index in [1.165, 1.54) is 77.5 Å². The summed E-state index contributed by atoms with van der Waals surface area (Å²) in [4.78, 5) is 0. The predicted molar refractivity (Wildman–Crippen MR) is 228 cm³/mol. The molecule has 1 aliphatic carbocycles. The fourth-order valence-electron chi connectivity index (χ4n) is 8.52. The van der Waals surface area contributed by atoms with Gasteiger partial charge in [0.2, 0.25) is 0 Å². The molecule has 8 aromatic carbocycles. The SMILES string of the molecule is CC1CC=Cc2c1c(-c1ccc(-c3ccc4oc(-c5ccccc5)cc4c3)c(-c3ccccc3)c1)c1ccccc1c2-c1ccc(-c2ccccc2)cc1. The largest absolute Gasteiger partial charge is 0.456 e. The third-order valence-electron chi connectivity index (χ3n) is 11.1. The molecule has 0 spiro atoms. The molecule has 54 heavy (non-hydrogen) atoms. The lowest BCUT2D eigenvalue weighted by Gasteiger charge is -2.28. The van der Waals surface area contributed by atoms with E-state index in [9.17, 15) is 0 Å². The second-order valence-corrected chi connectivity index (χ2v) is 14.5. The van der Waals surface area contributed by atoms with Crippen LogP contribution >= 0.6 is 0 Å². The molecule has 256 valence electrons. The van der Waals surface area contributed by atoms with Crippen molar-refractivity contribution in [2.75, 3.05) is 0 Å². The van der Waals surface area contributed by atoms with Gasteiger partial charge in [0.1, 0.15) is 11.3 Å². The lowest BCUT2D eigenvalue weighted by molar-refractivity contribution is 0.631. The van der Waals surface area contributed by atoms with Gasteiger partial charge in [-0.1, -0.05) is 177 Å². The average Bonchev–Trinajstić information content (AvgIpc) is 3.68. The van der Waals surface area contributed by atoms with Gasteiger partial charge >= 0.3 is 0 Å². The lowest BCUT2D eigenvalue weighted by atomic mass is 9.76. The summed E-state index contributed by atoms with van der Waals surface area (Å²) in [7, 11) is 0.